The molecule has 0 aliphatic carbocycles. The van der Waals surface area contributed by atoms with Gasteiger partial charge in [0.2, 0.25) is 0 Å². The summed E-state index contributed by atoms with van der Waals surface area (Å²) in [5, 5.41) is 2.67. The predicted octanol–water partition coefficient (Wildman–Crippen LogP) is 3.34. The molecule has 1 aromatic carbocycles. The molecule has 0 saturated carbocycles. The summed E-state index contributed by atoms with van der Waals surface area (Å²) in [4.78, 5) is 13.0. The fourth-order valence-electron chi connectivity index (χ4n) is 1.40. The Kier molecular flexibility index (Phi) is 6.68. The molecule has 0 fully saturated rings. The second kappa shape index (κ2) is 8.02. The molecule has 0 bridgehead atoms. The fourth-order valence-corrected chi connectivity index (χ4v) is 2.59. The summed E-state index contributed by atoms with van der Waals surface area (Å²) in [5.41, 5.74) is 0.519. The molecule has 0 aliphatic heterocycles. The molecular weight excluding hydrogens is 295 g/mol. The molecule has 8 heteroatoms. The van der Waals surface area contributed by atoms with Crippen LogP contribution in [0, 0.1) is 0 Å². The minimum absolute atomic E-state index is 0.203. The highest BCUT2D eigenvalue weighted by Gasteiger charge is 2.27. The van der Waals surface area contributed by atoms with Crippen LogP contribution in [0.15, 0.2) is 24.3 Å². The summed E-state index contributed by atoms with van der Waals surface area (Å²) in [5.74, 6) is 0.289. The van der Waals surface area contributed by atoms with Gasteiger partial charge in [-0.05, 0) is 26.0 Å². The lowest BCUT2D eigenvalue weighted by molar-refractivity contribution is 0.167. The standard InChI is InChI=1S/C13H21N2O5P/c1-5-18-21(17,19-6-2)20-12-9-7-8-11(10-12)14-13(16)15(3)4/h7-10H,5-6H2,1-4H3,(H,14,16). The molecule has 21 heavy (non-hydrogen) atoms. The molecule has 0 aliphatic rings. The van der Waals surface area contributed by atoms with Crippen LogP contribution in [0.1, 0.15) is 13.8 Å². The van der Waals surface area contributed by atoms with Crippen molar-refractivity contribution in [1.82, 2.24) is 4.90 Å². The van der Waals surface area contributed by atoms with E-state index in [9.17, 15) is 9.36 Å². The first kappa shape index (κ1) is 17.5. The van der Waals surface area contributed by atoms with Gasteiger partial charge in [0.15, 0.2) is 0 Å². The van der Waals surface area contributed by atoms with Crippen LogP contribution in [-0.4, -0.2) is 38.2 Å². The quantitative estimate of drug-likeness (QED) is 0.781. The van der Waals surface area contributed by atoms with E-state index in [1.807, 2.05) is 0 Å². The van der Waals surface area contributed by atoms with Crippen LogP contribution in [0.4, 0.5) is 10.5 Å². The fraction of sp³-hybridized carbons (Fsp3) is 0.462. The van der Waals surface area contributed by atoms with Crippen molar-refractivity contribution in [2.75, 3.05) is 32.6 Å². The van der Waals surface area contributed by atoms with Gasteiger partial charge in [0, 0.05) is 25.8 Å². The van der Waals surface area contributed by atoms with E-state index < -0.39 is 7.82 Å². The molecule has 118 valence electrons. The van der Waals surface area contributed by atoms with Crippen LogP contribution >= 0.6 is 7.82 Å². The van der Waals surface area contributed by atoms with Crippen LogP contribution in [-0.2, 0) is 13.6 Å². The number of urea groups is 1. The number of hydrogen-bond acceptors (Lipinski definition) is 5. The summed E-state index contributed by atoms with van der Waals surface area (Å²) in [6, 6.07) is 6.25. The first-order chi connectivity index (χ1) is 9.90. The van der Waals surface area contributed by atoms with Gasteiger partial charge in [-0.15, -0.1) is 0 Å². The van der Waals surface area contributed by atoms with E-state index in [1.54, 1.807) is 52.2 Å². The van der Waals surface area contributed by atoms with Gasteiger partial charge in [0.05, 0.1) is 13.2 Å². The van der Waals surface area contributed by atoms with Crippen molar-refractivity contribution in [3.8, 4) is 5.75 Å². The Morgan fingerprint density at radius 3 is 2.38 bits per heavy atom. The van der Waals surface area contributed by atoms with Crippen LogP contribution in [0.5, 0.6) is 5.75 Å². The molecule has 7 nitrogen and oxygen atoms in total. The van der Waals surface area contributed by atoms with Crippen LogP contribution in [0.2, 0.25) is 0 Å². The minimum Gasteiger partial charge on any atom is -0.404 e. The maximum Gasteiger partial charge on any atom is 0.530 e. The maximum absolute atomic E-state index is 12.3. The van der Waals surface area contributed by atoms with Gasteiger partial charge in [0.25, 0.3) is 0 Å². The molecule has 1 rings (SSSR count). The largest absolute Gasteiger partial charge is 0.530 e. The average molecular weight is 316 g/mol. The number of nitrogens with zero attached hydrogens (tertiary/aromatic N) is 1. The van der Waals surface area contributed by atoms with E-state index in [2.05, 4.69) is 5.32 Å². The summed E-state index contributed by atoms with van der Waals surface area (Å²) < 4.78 is 27.7. The molecule has 0 unspecified atom stereocenters. The average Bonchev–Trinajstić information content (AvgIpc) is 2.39. The Morgan fingerprint density at radius 2 is 1.86 bits per heavy atom. The van der Waals surface area contributed by atoms with Crippen molar-refractivity contribution in [2.24, 2.45) is 0 Å². The topological polar surface area (TPSA) is 77.1 Å². The van der Waals surface area contributed by atoms with Gasteiger partial charge in [-0.2, -0.15) is 0 Å². The predicted molar refractivity (Wildman–Crippen MR) is 80.6 cm³/mol. The van der Waals surface area contributed by atoms with Gasteiger partial charge in [-0.3, -0.25) is 9.05 Å². The Bertz CT molecular complexity index is 511. The maximum atomic E-state index is 12.3. The van der Waals surface area contributed by atoms with Gasteiger partial charge >= 0.3 is 13.9 Å². The second-order valence-electron chi connectivity index (χ2n) is 4.23. The Hall–Kier alpha value is -1.56. The molecule has 0 heterocycles. The SMILES string of the molecule is CCOP(=O)(OCC)Oc1cccc(NC(=O)N(C)C)c1. The molecule has 1 aromatic rings. The van der Waals surface area contributed by atoms with Crippen LogP contribution < -0.4 is 9.84 Å². The lowest BCUT2D eigenvalue weighted by Gasteiger charge is -2.18. The van der Waals surface area contributed by atoms with Crippen molar-refractivity contribution < 1.29 is 22.9 Å². The normalized spacial score (nSPS) is 11.0. The second-order valence-corrected chi connectivity index (χ2v) is 5.82. The minimum atomic E-state index is -3.64. The Morgan fingerprint density at radius 1 is 1.24 bits per heavy atom. The number of nitrogens with one attached hydrogen (secondary N) is 1. The highest BCUT2D eigenvalue weighted by atomic mass is 31.2. The van der Waals surface area contributed by atoms with Gasteiger partial charge in [0.1, 0.15) is 5.75 Å². The zero-order valence-electron chi connectivity index (χ0n) is 12.7. The van der Waals surface area contributed by atoms with E-state index in [1.165, 1.54) is 4.90 Å². The highest BCUT2D eigenvalue weighted by Crippen LogP contribution is 2.49. The van der Waals surface area contributed by atoms with Crippen molar-refractivity contribution in [1.29, 1.82) is 0 Å². The summed E-state index contributed by atoms with van der Waals surface area (Å²) in [6.45, 7) is 3.80. The number of phosphoric ester groups is 1. The first-order valence-electron chi connectivity index (χ1n) is 6.57. The third kappa shape index (κ3) is 5.75. The zero-order chi connectivity index (χ0) is 15.9. The smallest absolute Gasteiger partial charge is 0.404 e. The van der Waals surface area contributed by atoms with E-state index in [-0.39, 0.29) is 25.0 Å². The van der Waals surface area contributed by atoms with Crippen molar-refractivity contribution in [3.05, 3.63) is 24.3 Å². The van der Waals surface area contributed by atoms with Gasteiger partial charge in [-0.25, -0.2) is 9.36 Å². The molecule has 0 radical (unpaired) electrons. The Labute approximate surface area is 124 Å². The van der Waals surface area contributed by atoms with Crippen LogP contribution in [0.25, 0.3) is 0 Å². The molecule has 0 aromatic heterocycles. The number of carbonyl (C=O) groups is 1. The summed E-state index contributed by atoms with van der Waals surface area (Å²) >= 11 is 0. The zero-order valence-corrected chi connectivity index (χ0v) is 13.6. The van der Waals surface area contributed by atoms with Gasteiger partial charge in [-0.1, -0.05) is 6.07 Å². The molecule has 0 spiro atoms. The molecule has 1 N–H and O–H groups in total. The number of amides is 2. The summed E-state index contributed by atoms with van der Waals surface area (Å²) in [6.07, 6.45) is 0. The number of rotatable bonds is 7. The summed E-state index contributed by atoms with van der Waals surface area (Å²) in [7, 11) is -0.371. The molecule has 0 saturated heterocycles. The number of phosphoric acid groups is 1. The Balaban J connectivity index is 2.84. The van der Waals surface area contributed by atoms with Gasteiger partial charge < -0.3 is 14.7 Å². The lowest BCUT2D eigenvalue weighted by atomic mass is 10.3. The third-order valence-corrected chi connectivity index (χ3v) is 3.87. The van der Waals surface area contributed by atoms with E-state index in [4.69, 9.17) is 13.6 Å². The highest BCUT2D eigenvalue weighted by molar-refractivity contribution is 7.48. The van der Waals surface area contributed by atoms with Crippen molar-refractivity contribution in [2.45, 2.75) is 13.8 Å². The number of hydrogen-bond donors (Lipinski definition) is 1. The lowest BCUT2D eigenvalue weighted by Crippen LogP contribution is -2.27. The first-order valence-corrected chi connectivity index (χ1v) is 8.03. The molecule has 2 amide bonds. The monoisotopic (exact) mass is 316 g/mol. The van der Waals surface area contributed by atoms with E-state index >= 15 is 0 Å². The van der Waals surface area contributed by atoms with Crippen molar-refractivity contribution >= 4 is 19.5 Å². The van der Waals surface area contributed by atoms with E-state index in [0.717, 1.165) is 0 Å². The molecule has 0 atom stereocenters. The van der Waals surface area contributed by atoms with Crippen molar-refractivity contribution in [3.63, 3.8) is 0 Å². The third-order valence-electron chi connectivity index (χ3n) is 2.28. The van der Waals surface area contributed by atoms with E-state index in [0.29, 0.717) is 5.69 Å². The number of anilines is 1. The number of carbonyl (C=O) groups excluding carboxylic acids is 1. The number of benzene rings is 1. The van der Waals surface area contributed by atoms with Crippen LogP contribution in [0.3, 0.4) is 0 Å². The molecular formula is C13H21N2O5P.